The molecule has 2 N–H and O–H groups in total. The Kier molecular flexibility index (Phi) is 3.48. The maximum absolute atomic E-state index is 12.9. The van der Waals surface area contributed by atoms with Crippen LogP contribution >= 0.6 is 0 Å². The number of halogens is 1. The van der Waals surface area contributed by atoms with Crippen molar-refractivity contribution in [1.29, 1.82) is 0 Å². The number of hydrogen-bond donors (Lipinski definition) is 2. The van der Waals surface area contributed by atoms with Crippen molar-refractivity contribution >= 4 is 11.0 Å². The predicted octanol–water partition coefficient (Wildman–Crippen LogP) is 1.44. The number of nitrogens with one attached hydrogen (secondary N) is 2. The lowest BCUT2D eigenvalue weighted by molar-refractivity contribution is 0.199. The van der Waals surface area contributed by atoms with E-state index in [-0.39, 0.29) is 5.82 Å². The number of fused-ring (bicyclic) bond motifs is 1. The number of nitrogens with zero attached hydrogens (tertiary/aromatic N) is 1. The Balaban J connectivity index is 2.02. The number of hydrogen-bond acceptors (Lipinski definition) is 3. The second-order valence-electron chi connectivity index (χ2n) is 3.51. The zero-order valence-electron chi connectivity index (χ0n) is 9.09. The molecule has 0 aliphatic carbocycles. The first-order chi connectivity index (χ1) is 7.79. The van der Waals surface area contributed by atoms with Crippen LogP contribution in [0.4, 0.5) is 4.39 Å². The second kappa shape index (κ2) is 5.05. The van der Waals surface area contributed by atoms with Gasteiger partial charge in [-0.05, 0) is 18.2 Å². The Morgan fingerprint density at radius 3 is 3.19 bits per heavy atom. The summed E-state index contributed by atoms with van der Waals surface area (Å²) in [6, 6.07) is 4.52. The third kappa shape index (κ3) is 2.56. The van der Waals surface area contributed by atoms with Crippen LogP contribution in [0.5, 0.6) is 0 Å². The topological polar surface area (TPSA) is 49.9 Å². The number of H-pyrrole nitrogens is 1. The Morgan fingerprint density at radius 2 is 2.38 bits per heavy atom. The van der Waals surface area contributed by atoms with Crippen LogP contribution in [0.15, 0.2) is 18.2 Å². The first-order valence-corrected chi connectivity index (χ1v) is 5.13. The number of benzene rings is 1. The van der Waals surface area contributed by atoms with Gasteiger partial charge in [0.2, 0.25) is 0 Å². The highest BCUT2D eigenvalue weighted by atomic mass is 19.1. The largest absolute Gasteiger partial charge is 0.383 e. The first-order valence-electron chi connectivity index (χ1n) is 5.13. The molecule has 16 heavy (non-hydrogen) atoms. The molecule has 1 aromatic carbocycles. The molecule has 0 fully saturated rings. The van der Waals surface area contributed by atoms with Crippen LogP contribution < -0.4 is 5.32 Å². The minimum absolute atomic E-state index is 0.255. The van der Waals surface area contributed by atoms with Crippen molar-refractivity contribution in [2.75, 3.05) is 20.3 Å². The summed E-state index contributed by atoms with van der Waals surface area (Å²) < 4.78 is 17.8. The molecule has 2 aromatic rings. The molecule has 5 heteroatoms. The molecule has 0 aliphatic rings. The standard InChI is InChI=1S/C11H14FN3O/c1-16-5-4-13-7-11-14-9-3-2-8(12)6-10(9)15-11/h2-3,6,13H,4-5,7H2,1H3,(H,14,15). The van der Waals surface area contributed by atoms with E-state index in [9.17, 15) is 4.39 Å². The van der Waals surface area contributed by atoms with E-state index in [4.69, 9.17) is 4.74 Å². The fourth-order valence-corrected chi connectivity index (χ4v) is 1.50. The van der Waals surface area contributed by atoms with E-state index in [1.54, 1.807) is 13.2 Å². The van der Waals surface area contributed by atoms with Crippen LogP contribution in [-0.4, -0.2) is 30.2 Å². The van der Waals surface area contributed by atoms with E-state index in [0.717, 1.165) is 23.4 Å². The number of aromatic nitrogens is 2. The zero-order valence-corrected chi connectivity index (χ0v) is 9.09. The van der Waals surface area contributed by atoms with E-state index < -0.39 is 0 Å². The molecule has 0 saturated carbocycles. The van der Waals surface area contributed by atoms with Crippen LogP contribution in [0.1, 0.15) is 5.82 Å². The summed E-state index contributed by atoms with van der Waals surface area (Å²) in [6.07, 6.45) is 0. The van der Waals surface area contributed by atoms with Crippen molar-refractivity contribution in [3.8, 4) is 0 Å². The summed E-state index contributed by atoms with van der Waals surface area (Å²) in [7, 11) is 1.66. The lowest BCUT2D eigenvalue weighted by atomic mass is 10.3. The van der Waals surface area contributed by atoms with E-state index in [1.807, 2.05) is 0 Å². The van der Waals surface area contributed by atoms with Crippen molar-refractivity contribution in [2.24, 2.45) is 0 Å². The molecule has 0 bridgehead atoms. The van der Waals surface area contributed by atoms with E-state index >= 15 is 0 Å². The van der Waals surface area contributed by atoms with Crippen LogP contribution in [0.25, 0.3) is 11.0 Å². The molecule has 0 radical (unpaired) electrons. The Labute approximate surface area is 92.8 Å². The molecule has 0 amide bonds. The minimum Gasteiger partial charge on any atom is -0.383 e. The highest BCUT2D eigenvalue weighted by Gasteiger charge is 2.02. The van der Waals surface area contributed by atoms with Gasteiger partial charge in [0.05, 0.1) is 24.2 Å². The van der Waals surface area contributed by atoms with Crippen molar-refractivity contribution in [1.82, 2.24) is 15.3 Å². The lowest BCUT2D eigenvalue weighted by Gasteiger charge is -2.00. The van der Waals surface area contributed by atoms with Gasteiger partial charge in [-0.3, -0.25) is 0 Å². The molecule has 0 unspecified atom stereocenters. The van der Waals surface area contributed by atoms with Gasteiger partial charge in [0.25, 0.3) is 0 Å². The number of imidazole rings is 1. The second-order valence-corrected chi connectivity index (χ2v) is 3.51. The van der Waals surface area contributed by atoms with E-state index in [0.29, 0.717) is 13.2 Å². The molecule has 1 aromatic heterocycles. The summed E-state index contributed by atoms with van der Waals surface area (Å²) in [6.45, 7) is 2.05. The Hall–Kier alpha value is -1.46. The summed E-state index contributed by atoms with van der Waals surface area (Å²) >= 11 is 0. The van der Waals surface area contributed by atoms with Gasteiger partial charge in [-0.25, -0.2) is 9.37 Å². The van der Waals surface area contributed by atoms with E-state index in [1.165, 1.54) is 12.1 Å². The van der Waals surface area contributed by atoms with Gasteiger partial charge in [0, 0.05) is 13.7 Å². The molecule has 0 saturated heterocycles. The van der Waals surface area contributed by atoms with Crippen molar-refractivity contribution in [3.63, 3.8) is 0 Å². The summed E-state index contributed by atoms with van der Waals surface area (Å²) in [5, 5.41) is 3.17. The van der Waals surface area contributed by atoms with E-state index in [2.05, 4.69) is 15.3 Å². The molecule has 2 rings (SSSR count). The van der Waals surface area contributed by atoms with Crippen molar-refractivity contribution in [2.45, 2.75) is 6.54 Å². The average molecular weight is 223 g/mol. The smallest absolute Gasteiger partial charge is 0.125 e. The fourth-order valence-electron chi connectivity index (χ4n) is 1.50. The normalized spacial score (nSPS) is 11.1. The molecule has 1 heterocycles. The SMILES string of the molecule is COCCNCc1nc2ccc(F)cc2[nH]1. The van der Waals surface area contributed by atoms with Crippen molar-refractivity contribution in [3.05, 3.63) is 29.8 Å². The Morgan fingerprint density at radius 1 is 1.50 bits per heavy atom. The number of methoxy groups -OCH3 is 1. The molecular weight excluding hydrogens is 209 g/mol. The highest BCUT2D eigenvalue weighted by molar-refractivity contribution is 5.74. The number of aromatic amines is 1. The van der Waals surface area contributed by atoms with Crippen LogP contribution in [0.3, 0.4) is 0 Å². The molecule has 0 spiro atoms. The molecule has 4 nitrogen and oxygen atoms in total. The van der Waals surface area contributed by atoms with Crippen LogP contribution in [-0.2, 0) is 11.3 Å². The number of ether oxygens (including phenoxy) is 1. The zero-order chi connectivity index (χ0) is 11.4. The maximum Gasteiger partial charge on any atom is 0.125 e. The van der Waals surface area contributed by atoms with Gasteiger partial charge >= 0.3 is 0 Å². The molecular formula is C11H14FN3O. The van der Waals surface area contributed by atoms with Gasteiger partial charge in [-0.1, -0.05) is 0 Å². The van der Waals surface area contributed by atoms with Crippen molar-refractivity contribution < 1.29 is 9.13 Å². The fraction of sp³-hybridized carbons (Fsp3) is 0.364. The first kappa shape index (κ1) is 11.0. The predicted molar refractivity (Wildman–Crippen MR) is 59.6 cm³/mol. The van der Waals surface area contributed by atoms with Gasteiger partial charge in [0.15, 0.2) is 0 Å². The van der Waals surface area contributed by atoms with Gasteiger partial charge in [-0.2, -0.15) is 0 Å². The third-order valence-electron chi connectivity index (χ3n) is 2.27. The number of rotatable bonds is 5. The lowest BCUT2D eigenvalue weighted by Crippen LogP contribution is -2.19. The summed E-state index contributed by atoms with van der Waals surface area (Å²) in [5.41, 5.74) is 1.51. The maximum atomic E-state index is 12.9. The quantitative estimate of drug-likeness (QED) is 0.754. The molecule has 0 aliphatic heterocycles. The summed E-state index contributed by atoms with van der Waals surface area (Å²) in [4.78, 5) is 7.38. The van der Waals surface area contributed by atoms with Gasteiger partial charge in [-0.15, -0.1) is 0 Å². The van der Waals surface area contributed by atoms with Crippen LogP contribution in [0.2, 0.25) is 0 Å². The average Bonchev–Trinajstić information content (AvgIpc) is 2.66. The third-order valence-corrected chi connectivity index (χ3v) is 2.27. The van der Waals surface area contributed by atoms with Gasteiger partial charge in [0.1, 0.15) is 11.6 Å². The minimum atomic E-state index is -0.255. The molecule has 0 atom stereocenters. The monoisotopic (exact) mass is 223 g/mol. The van der Waals surface area contributed by atoms with Crippen LogP contribution in [0, 0.1) is 5.82 Å². The summed E-state index contributed by atoms with van der Waals surface area (Å²) in [5.74, 6) is 0.548. The molecule has 86 valence electrons. The highest BCUT2D eigenvalue weighted by Crippen LogP contribution is 2.12. The van der Waals surface area contributed by atoms with Gasteiger partial charge < -0.3 is 15.0 Å². The Bertz CT molecular complexity index is 469.